The van der Waals surface area contributed by atoms with E-state index in [0.29, 0.717) is 0 Å². The lowest BCUT2D eigenvalue weighted by Gasteiger charge is -1.64. The largest absolute Gasteiger partial charge is 0.122 e. The first-order valence-electron chi connectivity index (χ1n) is 1.67. The first-order valence-corrected chi connectivity index (χ1v) is 2.21. The third kappa shape index (κ3) is 0.656. The smallest absolute Gasteiger partial charge is 0.0436 e. The Labute approximate surface area is 36.4 Å². The fraction of sp³-hybridized carbons (Fsp3) is 0.500. The molecule has 0 saturated heterocycles. The van der Waals surface area contributed by atoms with E-state index in [4.69, 9.17) is 11.6 Å². The van der Waals surface area contributed by atoms with Gasteiger partial charge in [-0.1, -0.05) is 11.6 Å². The van der Waals surface area contributed by atoms with Gasteiger partial charge in [-0.25, -0.2) is 0 Å². The van der Waals surface area contributed by atoms with Crippen LogP contribution in [0.5, 0.6) is 0 Å². The topological polar surface area (TPSA) is 0 Å². The molecule has 0 bridgehead atoms. The third-order valence-corrected chi connectivity index (χ3v) is 1.01. The molecule has 0 spiro atoms. The summed E-state index contributed by atoms with van der Waals surface area (Å²) in [6.45, 7) is 0. The Morgan fingerprint density at radius 1 is 2.00 bits per heavy atom. The molecule has 0 atom stereocenters. The van der Waals surface area contributed by atoms with Gasteiger partial charge < -0.3 is 0 Å². The number of hydrogen-bond donors (Lipinski definition) is 0. The van der Waals surface area contributed by atoms with E-state index in [2.05, 4.69) is 6.08 Å². The van der Waals surface area contributed by atoms with Crippen molar-refractivity contribution in [2.45, 2.75) is 6.42 Å². The minimum Gasteiger partial charge on any atom is -0.122 e. The Morgan fingerprint density at radius 3 is 2.60 bits per heavy atom. The van der Waals surface area contributed by atoms with E-state index in [9.17, 15) is 0 Å². The van der Waals surface area contributed by atoms with Crippen LogP contribution in [0.25, 0.3) is 0 Å². The Bertz CT molecular complexity index is 64.0. The molecule has 5 heavy (non-hydrogen) atoms. The van der Waals surface area contributed by atoms with E-state index in [-0.39, 0.29) is 0 Å². The highest BCUT2D eigenvalue weighted by Crippen LogP contribution is 2.18. The Hall–Kier alpha value is 0.0300. The van der Waals surface area contributed by atoms with Gasteiger partial charge >= 0.3 is 0 Å². The number of alkyl halides is 1. The van der Waals surface area contributed by atoms with Crippen molar-refractivity contribution in [1.29, 1.82) is 0 Å². The molecule has 0 radical (unpaired) electrons. The number of halogens is 1. The molecule has 0 unspecified atom stereocenters. The SMILES string of the molecule is ClCC1=CC1. The lowest BCUT2D eigenvalue weighted by atomic mass is 10.6. The van der Waals surface area contributed by atoms with Gasteiger partial charge in [-0.2, -0.15) is 0 Å². The monoisotopic (exact) mass is 88.0 g/mol. The summed E-state index contributed by atoms with van der Waals surface area (Å²) in [6, 6.07) is 0. The van der Waals surface area contributed by atoms with Gasteiger partial charge in [0.15, 0.2) is 0 Å². The van der Waals surface area contributed by atoms with Crippen LogP contribution in [0.1, 0.15) is 6.42 Å². The lowest BCUT2D eigenvalue weighted by Crippen LogP contribution is -1.55. The second-order valence-electron chi connectivity index (χ2n) is 1.20. The standard InChI is InChI=1S/C4H5Cl/c5-3-4-1-2-4/h1H,2-3H2. The molecule has 0 aromatic rings. The number of hydrogen-bond acceptors (Lipinski definition) is 0. The molecule has 0 aliphatic heterocycles. The van der Waals surface area contributed by atoms with Gasteiger partial charge in [0.1, 0.15) is 0 Å². The minimum atomic E-state index is 0.750. The number of allylic oxidation sites excluding steroid dienone is 2. The van der Waals surface area contributed by atoms with Crippen LogP contribution in [0.2, 0.25) is 0 Å². The van der Waals surface area contributed by atoms with Crippen LogP contribution >= 0.6 is 11.6 Å². The van der Waals surface area contributed by atoms with Crippen LogP contribution in [0.15, 0.2) is 11.6 Å². The predicted octanol–water partition coefficient (Wildman–Crippen LogP) is 1.56. The molecule has 1 rings (SSSR count). The summed E-state index contributed by atoms with van der Waals surface area (Å²) in [5, 5.41) is 0. The Morgan fingerprint density at radius 2 is 2.60 bits per heavy atom. The van der Waals surface area contributed by atoms with Gasteiger partial charge in [-0.05, 0) is 6.42 Å². The summed E-state index contributed by atoms with van der Waals surface area (Å²) in [6.07, 6.45) is 3.30. The maximum Gasteiger partial charge on any atom is 0.0436 e. The maximum absolute atomic E-state index is 5.33. The summed E-state index contributed by atoms with van der Waals surface area (Å²) in [4.78, 5) is 0. The van der Waals surface area contributed by atoms with Gasteiger partial charge in [0.2, 0.25) is 0 Å². The molecule has 0 nitrogen and oxygen atoms in total. The molecule has 0 N–H and O–H groups in total. The van der Waals surface area contributed by atoms with Crippen molar-refractivity contribution >= 4 is 11.6 Å². The average Bonchev–Trinajstić information content (AvgIpc) is 2.12. The van der Waals surface area contributed by atoms with Crippen molar-refractivity contribution in [2.75, 3.05) is 5.88 Å². The van der Waals surface area contributed by atoms with Crippen molar-refractivity contribution in [3.63, 3.8) is 0 Å². The molecule has 0 aromatic carbocycles. The van der Waals surface area contributed by atoms with Crippen molar-refractivity contribution in [1.82, 2.24) is 0 Å². The van der Waals surface area contributed by atoms with Gasteiger partial charge in [0, 0.05) is 5.88 Å². The second-order valence-corrected chi connectivity index (χ2v) is 1.47. The van der Waals surface area contributed by atoms with E-state index in [1.54, 1.807) is 0 Å². The normalized spacial score (nSPS) is 18.2. The van der Waals surface area contributed by atoms with Gasteiger partial charge in [0.25, 0.3) is 0 Å². The van der Waals surface area contributed by atoms with E-state index in [0.717, 1.165) is 5.88 Å². The molecule has 0 saturated carbocycles. The van der Waals surface area contributed by atoms with Crippen molar-refractivity contribution in [2.24, 2.45) is 0 Å². The Kier molecular flexibility index (Phi) is 0.657. The first-order chi connectivity index (χ1) is 2.43. The van der Waals surface area contributed by atoms with Crippen LogP contribution in [-0.2, 0) is 0 Å². The molecule has 0 aromatic heterocycles. The fourth-order valence-electron chi connectivity index (χ4n) is 0.181. The lowest BCUT2D eigenvalue weighted by molar-refractivity contribution is 1.49. The van der Waals surface area contributed by atoms with Crippen LogP contribution < -0.4 is 0 Å². The van der Waals surface area contributed by atoms with Crippen LogP contribution in [0.3, 0.4) is 0 Å². The van der Waals surface area contributed by atoms with Crippen molar-refractivity contribution in [3.05, 3.63) is 11.6 Å². The third-order valence-electron chi connectivity index (χ3n) is 0.664. The molecule has 0 heterocycles. The highest BCUT2D eigenvalue weighted by atomic mass is 35.5. The van der Waals surface area contributed by atoms with E-state index in [1.807, 2.05) is 0 Å². The Balaban J connectivity index is 2.22. The van der Waals surface area contributed by atoms with Crippen molar-refractivity contribution < 1.29 is 0 Å². The van der Waals surface area contributed by atoms with Gasteiger partial charge in [0.05, 0.1) is 0 Å². The summed E-state index contributed by atoms with van der Waals surface area (Å²) < 4.78 is 0. The molecule has 28 valence electrons. The zero-order valence-corrected chi connectivity index (χ0v) is 3.63. The van der Waals surface area contributed by atoms with Crippen LogP contribution in [0, 0.1) is 0 Å². The van der Waals surface area contributed by atoms with E-state index in [1.165, 1.54) is 12.0 Å². The average molecular weight is 88.5 g/mol. The van der Waals surface area contributed by atoms with Crippen LogP contribution in [-0.4, -0.2) is 5.88 Å². The zero-order chi connectivity index (χ0) is 3.70. The summed E-state index contributed by atoms with van der Waals surface area (Å²) >= 11 is 5.33. The highest BCUT2D eigenvalue weighted by molar-refractivity contribution is 6.19. The summed E-state index contributed by atoms with van der Waals surface area (Å²) in [7, 11) is 0. The predicted molar refractivity (Wildman–Crippen MR) is 23.4 cm³/mol. The second kappa shape index (κ2) is 1.02. The van der Waals surface area contributed by atoms with E-state index >= 15 is 0 Å². The fourth-order valence-corrected chi connectivity index (χ4v) is 0.399. The maximum atomic E-state index is 5.33. The molecule has 0 fully saturated rings. The zero-order valence-electron chi connectivity index (χ0n) is 2.87. The van der Waals surface area contributed by atoms with Crippen molar-refractivity contribution in [3.8, 4) is 0 Å². The molecule has 0 amide bonds. The van der Waals surface area contributed by atoms with E-state index < -0.39 is 0 Å². The van der Waals surface area contributed by atoms with Gasteiger partial charge in [-0.3, -0.25) is 0 Å². The quantitative estimate of drug-likeness (QED) is 0.337. The van der Waals surface area contributed by atoms with Crippen LogP contribution in [0.4, 0.5) is 0 Å². The molecule has 1 heteroatoms. The van der Waals surface area contributed by atoms with Gasteiger partial charge in [-0.15, -0.1) is 11.6 Å². The minimum absolute atomic E-state index is 0.750. The molecular formula is C4H5Cl. The number of rotatable bonds is 1. The molecular weight excluding hydrogens is 83.5 g/mol. The highest BCUT2D eigenvalue weighted by Gasteiger charge is 2.01. The molecule has 1 aliphatic carbocycles. The summed E-state index contributed by atoms with van der Waals surface area (Å²) in [5.41, 5.74) is 1.40. The molecule has 1 aliphatic rings. The summed E-state index contributed by atoms with van der Waals surface area (Å²) in [5.74, 6) is 0.750. The first kappa shape index (κ1) is 3.23.